The van der Waals surface area contributed by atoms with E-state index >= 15 is 0 Å². The van der Waals surface area contributed by atoms with Crippen LogP contribution in [0.2, 0.25) is 0 Å². The molecule has 0 unspecified atom stereocenters. The summed E-state index contributed by atoms with van der Waals surface area (Å²) in [5, 5.41) is 2.87. The zero-order valence-electron chi connectivity index (χ0n) is 11.0. The Hall–Kier alpha value is -2.29. The zero-order valence-corrected chi connectivity index (χ0v) is 11.0. The molecule has 0 saturated carbocycles. The summed E-state index contributed by atoms with van der Waals surface area (Å²) in [7, 11) is 0. The highest BCUT2D eigenvalue weighted by Gasteiger charge is 2.14. The molecule has 0 aromatic heterocycles. The van der Waals surface area contributed by atoms with E-state index in [9.17, 15) is 4.79 Å². The maximum atomic E-state index is 12.1. The molecule has 0 spiro atoms. The Morgan fingerprint density at radius 1 is 1.11 bits per heavy atom. The Kier molecular flexibility index (Phi) is 4.18. The molecule has 3 heteroatoms. The quantitative estimate of drug-likeness (QED) is 0.824. The minimum absolute atomic E-state index is 0.0123. The molecule has 0 aliphatic carbocycles. The molecule has 2 rings (SSSR count). The molecular formula is C16H18N2O. The second kappa shape index (κ2) is 6.05. The van der Waals surface area contributed by atoms with Crippen LogP contribution in [0.15, 0.2) is 54.6 Å². The number of carbonyl (C=O) groups is 1. The number of nitrogens with one attached hydrogen (secondary N) is 1. The number of anilines is 2. The smallest absolute Gasteiger partial charge is 0.227 e. The first kappa shape index (κ1) is 13.1. The van der Waals surface area contributed by atoms with Crippen molar-refractivity contribution in [3.8, 4) is 0 Å². The van der Waals surface area contributed by atoms with Gasteiger partial charge in [0.1, 0.15) is 0 Å². The van der Waals surface area contributed by atoms with Gasteiger partial charge in [-0.05, 0) is 24.1 Å². The molecule has 0 saturated heterocycles. The number of nitrogen functional groups attached to an aromatic ring is 1. The summed E-state index contributed by atoms with van der Waals surface area (Å²) >= 11 is 0. The summed E-state index contributed by atoms with van der Waals surface area (Å²) in [6.45, 7) is 1.92. The van der Waals surface area contributed by atoms with E-state index < -0.39 is 0 Å². The number of hydrogen-bond donors (Lipinski definition) is 2. The van der Waals surface area contributed by atoms with E-state index in [1.54, 1.807) is 6.07 Å². The van der Waals surface area contributed by atoms with E-state index in [0.717, 1.165) is 12.0 Å². The van der Waals surface area contributed by atoms with Crippen LogP contribution in [0.25, 0.3) is 0 Å². The first-order chi connectivity index (χ1) is 9.16. The summed E-state index contributed by atoms with van der Waals surface area (Å²) < 4.78 is 0. The van der Waals surface area contributed by atoms with Gasteiger partial charge in [0.25, 0.3) is 0 Å². The monoisotopic (exact) mass is 254 g/mol. The van der Waals surface area contributed by atoms with E-state index in [4.69, 9.17) is 5.73 Å². The molecule has 0 fully saturated rings. The highest BCUT2D eigenvalue weighted by atomic mass is 16.1. The summed E-state index contributed by atoms with van der Waals surface area (Å²) in [6, 6.07) is 17.3. The molecule has 1 atom stereocenters. The van der Waals surface area contributed by atoms with Crippen LogP contribution in [0.4, 0.5) is 11.4 Å². The summed E-state index contributed by atoms with van der Waals surface area (Å²) in [5.41, 5.74) is 8.22. The van der Waals surface area contributed by atoms with Crippen LogP contribution in [-0.4, -0.2) is 5.91 Å². The molecule has 0 heterocycles. The lowest BCUT2D eigenvalue weighted by molar-refractivity contribution is -0.119. The van der Waals surface area contributed by atoms with Gasteiger partial charge in [-0.25, -0.2) is 0 Å². The molecule has 0 aliphatic rings. The first-order valence-corrected chi connectivity index (χ1v) is 6.36. The fourth-order valence-electron chi connectivity index (χ4n) is 1.93. The van der Waals surface area contributed by atoms with Crippen molar-refractivity contribution in [2.45, 2.75) is 13.3 Å². The lowest BCUT2D eigenvalue weighted by Crippen LogP contribution is -2.22. The zero-order chi connectivity index (χ0) is 13.7. The van der Waals surface area contributed by atoms with Gasteiger partial charge in [0.2, 0.25) is 5.91 Å². The average molecular weight is 254 g/mol. The first-order valence-electron chi connectivity index (χ1n) is 6.36. The highest BCUT2D eigenvalue weighted by molar-refractivity contribution is 5.95. The van der Waals surface area contributed by atoms with Crippen LogP contribution in [-0.2, 0) is 11.2 Å². The molecule has 98 valence electrons. The van der Waals surface area contributed by atoms with Crippen LogP contribution in [0, 0.1) is 5.92 Å². The molecule has 1 amide bonds. The predicted octanol–water partition coefficient (Wildman–Crippen LogP) is 3.09. The summed E-state index contributed by atoms with van der Waals surface area (Å²) in [4.78, 5) is 12.1. The third-order valence-corrected chi connectivity index (χ3v) is 3.05. The average Bonchev–Trinajstić information content (AvgIpc) is 2.42. The number of hydrogen-bond acceptors (Lipinski definition) is 2. The van der Waals surface area contributed by atoms with Gasteiger partial charge < -0.3 is 11.1 Å². The Labute approximate surface area is 113 Å². The number of amides is 1. The second-order valence-corrected chi connectivity index (χ2v) is 4.67. The van der Waals surface area contributed by atoms with E-state index in [-0.39, 0.29) is 11.8 Å². The molecule has 19 heavy (non-hydrogen) atoms. The Morgan fingerprint density at radius 2 is 1.74 bits per heavy atom. The van der Waals surface area contributed by atoms with Crippen molar-refractivity contribution in [3.05, 3.63) is 60.2 Å². The van der Waals surface area contributed by atoms with Crippen molar-refractivity contribution in [2.24, 2.45) is 5.92 Å². The van der Waals surface area contributed by atoms with Gasteiger partial charge in [-0.2, -0.15) is 0 Å². The second-order valence-electron chi connectivity index (χ2n) is 4.67. The predicted molar refractivity (Wildman–Crippen MR) is 78.8 cm³/mol. The maximum absolute atomic E-state index is 12.1. The van der Waals surface area contributed by atoms with Crippen molar-refractivity contribution < 1.29 is 4.79 Å². The highest BCUT2D eigenvalue weighted by Crippen LogP contribution is 2.18. The Balaban J connectivity index is 1.99. The van der Waals surface area contributed by atoms with Crippen molar-refractivity contribution >= 4 is 17.3 Å². The molecular weight excluding hydrogens is 236 g/mol. The fraction of sp³-hybridized carbons (Fsp3) is 0.188. The van der Waals surface area contributed by atoms with Crippen molar-refractivity contribution in [3.63, 3.8) is 0 Å². The number of carbonyl (C=O) groups excluding carboxylic acids is 1. The van der Waals surface area contributed by atoms with Gasteiger partial charge >= 0.3 is 0 Å². The number of rotatable bonds is 4. The maximum Gasteiger partial charge on any atom is 0.227 e. The van der Waals surface area contributed by atoms with Crippen molar-refractivity contribution in [1.29, 1.82) is 0 Å². The van der Waals surface area contributed by atoms with Gasteiger partial charge in [-0.3, -0.25) is 4.79 Å². The topological polar surface area (TPSA) is 55.1 Å². The number of benzene rings is 2. The van der Waals surface area contributed by atoms with Crippen molar-refractivity contribution in [2.75, 3.05) is 11.1 Å². The van der Waals surface area contributed by atoms with Crippen molar-refractivity contribution in [1.82, 2.24) is 0 Å². The third-order valence-electron chi connectivity index (χ3n) is 3.05. The lowest BCUT2D eigenvalue weighted by atomic mass is 10.0. The fourth-order valence-corrected chi connectivity index (χ4v) is 1.93. The molecule has 0 radical (unpaired) electrons. The molecule has 0 bridgehead atoms. The van der Waals surface area contributed by atoms with E-state index in [2.05, 4.69) is 5.32 Å². The van der Waals surface area contributed by atoms with Crippen LogP contribution < -0.4 is 11.1 Å². The van der Waals surface area contributed by atoms with Gasteiger partial charge in [-0.1, -0.05) is 49.4 Å². The molecule has 3 nitrogen and oxygen atoms in total. The van der Waals surface area contributed by atoms with Gasteiger partial charge in [0.05, 0.1) is 11.4 Å². The van der Waals surface area contributed by atoms with Gasteiger partial charge in [-0.15, -0.1) is 0 Å². The summed E-state index contributed by atoms with van der Waals surface area (Å²) in [5.74, 6) is -0.108. The van der Waals surface area contributed by atoms with Crippen LogP contribution >= 0.6 is 0 Å². The van der Waals surface area contributed by atoms with Crippen LogP contribution in [0.5, 0.6) is 0 Å². The molecule has 2 aromatic carbocycles. The lowest BCUT2D eigenvalue weighted by Gasteiger charge is -2.13. The van der Waals surface area contributed by atoms with E-state index in [1.165, 1.54) is 0 Å². The SMILES string of the molecule is C[C@@H](Cc1ccccc1)C(=O)Nc1ccccc1N. The molecule has 0 aliphatic heterocycles. The Bertz CT molecular complexity index is 552. The third kappa shape index (κ3) is 3.58. The number of nitrogens with two attached hydrogens (primary N) is 1. The van der Waals surface area contributed by atoms with Crippen LogP contribution in [0.1, 0.15) is 12.5 Å². The Morgan fingerprint density at radius 3 is 2.42 bits per heavy atom. The van der Waals surface area contributed by atoms with E-state index in [1.807, 2.05) is 55.5 Å². The molecule has 3 N–H and O–H groups in total. The van der Waals surface area contributed by atoms with Crippen LogP contribution in [0.3, 0.4) is 0 Å². The van der Waals surface area contributed by atoms with E-state index in [0.29, 0.717) is 11.4 Å². The minimum Gasteiger partial charge on any atom is -0.397 e. The minimum atomic E-state index is -0.0954. The van der Waals surface area contributed by atoms with Gasteiger partial charge in [0, 0.05) is 5.92 Å². The normalized spacial score (nSPS) is 11.8. The standard InChI is InChI=1S/C16H18N2O/c1-12(11-13-7-3-2-4-8-13)16(19)18-15-10-6-5-9-14(15)17/h2-10,12H,11,17H2,1H3,(H,18,19)/t12-/m0/s1. The number of para-hydroxylation sites is 2. The largest absolute Gasteiger partial charge is 0.397 e. The summed E-state index contributed by atoms with van der Waals surface area (Å²) in [6.07, 6.45) is 0.722. The molecule has 2 aromatic rings. The van der Waals surface area contributed by atoms with Gasteiger partial charge in [0.15, 0.2) is 0 Å².